The lowest BCUT2D eigenvalue weighted by molar-refractivity contribution is 0.0895. The largest absolute Gasteiger partial charge is 0.497 e. The van der Waals surface area contributed by atoms with E-state index in [0.717, 1.165) is 80.7 Å². The number of aliphatic hydroxyl groups excluding tert-OH is 1. The Morgan fingerprint density at radius 1 is 1.05 bits per heavy atom. The number of rotatable bonds is 13. The molecule has 4 aromatic heterocycles. The van der Waals surface area contributed by atoms with Crippen molar-refractivity contribution in [2.75, 3.05) is 32.8 Å². The maximum atomic E-state index is 9.91. The van der Waals surface area contributed by atoms with E-state index in [9.17, 15) is 5.11 Å². The van der Waals surface area contributed by atoms with Crippen molar-refractivity contribution in [3.8, 4) is 22.8 Å². The molecule has 1 N–H and O–H groups in total. The van der Waals surface area contributed by atoms with Gasteiger partial charge in [-0.05, 0) is 48.7 Å². The first kappa shape index (κ1) is 30.1. The number of aromatic nitrogens is 5. The van der Waals surface area contributed by atoms with E-state index < -0.39 is 8.07 Å². The highest BCUT2D eigenvalue weighted by Gasteiger charge is 2.28. The van der Waals surface area contributed by atoms with Crippen LogP contribution in [-0.4, -0.2) is 65.1 Å². The van der Waals surface area contributed by atoms with Gasteiger partial charge in [0.1, 0.15) is 29.4 Å². The van der Waals surface area contributed by atoms with Crippen LogP contribution in [0, 0.1) is 0 Å². The van der Waals surface area contributed by atoms with Crippen LogP contribution in [0.25, 0.3) is 33.5 Å². The molecule has 0 amide bonds. The molecule has 6 rings (SSSR count). The molecule has 232 valence electrons. The average Bonchev–Trinajstić information content (AvgIpc) is 3.67. The molecule has 1 saturated carbocycles. The molecule has 11 heteroatoms. The summed E-state index contributed by atoms with van der Waals surface area (Å²) >= 11 is 0. The monoisotopic (exact) mass is 614 g/mol. The first-order chi connectivity index (χ1) is 21.2. The number of anilines is 1. The minimum absolute atomic E-state index is 0.0668. The van der Waals surface area contributed by atoms with Crippen LogP contribution >= 0.6 is 0 Å². The van der Waals surface area contributed by atoms with Crippen molar-refractivity contribution in [2.24, 2.45) is 0 Å². The molecular weight excluding hydrogens is 572 g/mol. The van der Waals surface area contributed by atoms with Crippen LogP contribution in [-0.2, 0) is 24.6 Å². The van der Waals surface area contributed by atoms with Crippen molar-refractivity contribution < 1.29 is 19.3 Å². The molecule has 0 unspecified atom stereocenters. The fourth-order valence-electron chi connectivity index (χ4n) is 5.50. The van der Waals surface area contributed by atoms with Crippen molar-refractivity contribution in [2.45, 2.75) is 64.5 Å². The molecule has 4 heterocycles. The molecule has 1 aliphatic carbocycles. The van der Waals surface area contributed by atoms with E-state index >= 15 is 0 Å². The van der Waals surface area contributed by atoms with E-state index in [4.69, 9.17) is 29.2 Å². The van der Waals surface area contributed by atoms with Gasteiger partial charge in [0.05, 0.1) is 38.5 Å². The van der Waals surface area contributed by atoms with Gasteiger partial charge in [0.15, 0.2) is 5.65 Å². The highest BCUT2D eigenvalue weighted by molar-refractivity contribution is 6.76. The number of aliphatic hydroxyl groups is 1. The van der Waals surface area contributed by atoms with Gasteiger partial charge in [-0.25, -0.2) is 15.0 Å². The van der Waals surface area contributed by atoms with Crippen LogP contribution in [0.3, 0.4) is 0 Å². The molecule has 0 radical (unpaired) electrons. The SMILES string of the molecule is COc1ccc(CN(C)c2cc(-c3cn(C4CC4)c4ncc(CO)cc34)nc3c2ncn3COCC[Si](C)(C)C)c(OC)c1. The number of hydrogen-bond donors (Lipinski definition) is 1. The van der Waals surface area contributed by atoms with Crippen LogP contribution in [0.15, 0.2) is 49.1 Å². The Labute approximate surface area is 259 Å². The standard InChI is InChI=1S/C33H42N6O4Si/c1-37(17-23-7-10-25(41-2)14-30(23)42-3)29-15-28(36-33-31(29)35-20-38(33)21-43-11-12-44(4,5)6)27-18-39(24-8-9-24)32-26(27)13-22(19-40)16-34-32/h7,10,13-16,18,20,24,40H,8-9,11-12,17,19,21H2,1-6H3. The summed E-state index contributed by atoms with van der Waals surface area (Å²) in [7, 11) is 4.18. The minimum atomic E-state index is -1.21. The molecule has 10 nitrogen and oxygen atoms in total. The van der Waals surface area contributed by atoms with Gasteiger partial charge in [0.2, 0.25) is 0 Å². The third kappa shape index (κ3) is 6.17. The van der Waals surface area contributed by atoms with Crippen molar-refractivity contribution in [3.63, 3.8) is 0 Å². The molecule has 0 spiro atoms. The van der Waals surface area contributed by atoms with Gasteiger partial charge in [-0.3, -0.25) is 4.57 Å². The molecule has 0 aliphatic heterocycles. The molecule has 1 aliphatic rings. The number of hydrogen-bond acceptors (Lipinski definition) is 8. The number of methoxy groups -OCH3 is 2. The summed E-state index contributed by atoms with van der Waals surface area (Å²) in [6.07, 6.45) is 8.03. The predicted molar refractivity (Wildman–Crippen MR) is 176 cm³/mol. The number of fused-ring (bicyclic) bond motifs is 2. The Kier molecular flexibility index (Phi) is 8.36. The first-order valence-electron chi connectivity index (χ1n) is 15.2. The van der Waals surface area contributed by atoms with Gasteiger partial charge in [-0.1, -0.05) is 19.6 Å². The van der Waals surface area contributed by atoms with Gasteiger partial charge in [-0.15, -0.1) is 0 Å². The Bertz CT molecular complexity index is 1790. The maximum absolute atomic E-state index is 9.91. The molecule has 1 aromatic carbocycles. The van der Waals surface area contributed by atoms with Crippen LogP contribution < -0.4 is 14.4 Å². The first-order valence-corrected chi connectivity index (χ1v) is 18.9. The Balaban J connectivity index is 1.45. The Morgan fingerprint density at radius 2 is 1.86 bits per heavy atom. The predicted octanol–water partition coefficient (Wildman–Crippen LogP) is 6.24. The lowest BCUT2D eigenvalue weighted by Crippen LogP contribution is -2.22. The second-order valence-corrected chi connectivity index (χ2v) is 18.5. The van der Waals surface area contributed by atoms with Gasteiger partial charge in [-0.2, -0.15) is 0 Å². The second kappa shape index (κ2) is 12.2. The van der Waals surface area contributed by atoms with Gasteiger partial charge in [0.25, 0.3) is 0 Å². The lowest BCUT2D eigenvalue weighted by Gasteiger charge is -2.22. The number of imidazole rings is 1. The summed E-state index contributed by atoms with van der Waals surface area (Å²) in [5, 5.41) is 10.9. The minimum Gasteiger partial charge on any atom is -0.497 e. The summed E-state index contributed by atoms with van der Waals surface area (Å²) < 4.78 is 21.5. The van der Waals surface area contributed by atoms with Gasteiger partial charge < -0.3 is 28.8 Å². The molecule has 44 heavy (non-hydrogen) atoms. The Morgan fingerprint density at radius 3 is 2.57 bits per heavy atom. The van der Waals surface area contributed by atoms with Crippen molar-refractivity contribution in [3.05, 3.63) is 60.2 Å². The number of nitrogens with zero attached hydrogens (tertiary/aromatic N) is 6. The molecule has 0 saturated heterocycles. The van der Waals surface area contributed by atoms with Crippen LogP contribution in [0.4, 0.5) is 5.69 Å². The fraction of sp³-hybridized carbons (Fsp3) is 0.424. The summed E-state index contributed by atoms with van der Waals surface area (Å²) in [5.74, 6) is 1.51. The summed E-state index contributed by atoms with van der Waals surface area (Å²) in [5.41, 5.74) is 7.05. The summed E-state index contributed by atoms with van der Waals surface area (Å²) in [6, 6.07) is 11.6. The summed E-state index contributed by atoms with van der Waals surface area (Å²) in [4.78, 5) is 17.0. The lowest BCUT2D eigenvalue weighted by atomic mass is 10.1. The van der Waals surface area contributed by atoms with E-state index in [2.05, 4.69) is 48.4 Å². The van der Waals surface area contributed by atoms with Crippen LogP contribution in [0.1, 0.15) is 30.0 Å². The van der Waals surface area contributed by atoms with Crippen molar-refractivity contribution >= 4 is 36.0 Å². The molecule has 0 atom stereocenters. The molecular formula is C33H42N6O4Si. The van der Waals surface area contributed by atoms with E-state index in [1.54, 1.807) is 20.4 Å². The van der Waals surface area contributed by atoms with E-state index in [1.807, 2.05) is 35.2 Å². The second-order valence-electron chi connectivity index (χ2n) is 12.8. The topological polar surface area (TPSA) is 99.7 Å². The van der Waals surface area contributed by atoms with E-state index in [0.29, 0.717) is 25.9 Å². The van der Waals surface area contributed by atoms with E-state index in [-0.39, 0.29) is 6.61 Å². The van der Waals surface area contributed by atoms with Gasteiger partial charge >= 0.3 is 0 Å². The average molecular weight is 615 g/mol. The Hall–Kier alpha value is -3.93. The van der Waals surface area contributed by atoms with E-state index in [1.165, 1.54) is 0 Å². The smallest absolute Gasteiger partial charge is 0.164 e. The van der Waals surface area contributed by atoms with Gasteiger partial charge in [0, 0.05) is 69.3 Å². The zero-order valence-corrected chi connectivity index (χ0v) is 27.5. The molecule has 0 bridgehead atoms. The summed E-state index contributed by atoms with van der Waals surface area (Å²) in [6.45, 7) is 8.67. The van der Waals surface area contributed by atoms with Crippen LogP contribution in [0.5, 0.6) is 11.5 Å². The zero-order valence-electron chi connectivity index (χ0n) is 26.5. The molecule has 5 aromatic rings. The highest BCUT2D eigenvalue weighted by atomic mass is 28.3. The third-order valence-electron chi connectivity index (χ3n) is 8.22. The maximum Gasteiger partial charge on any atom is 0.164 e. The number of benzene rings is 1. The zero-order chi connectivity index (χ0) is 31.0. The number of pyridine rings is 2. The highest BCUT2D eigenvalue weighted by Crippen LogP contribution is 2.42. The molecule has 1 fully saturated rings. The fourth-order valence-corrected chi connectivity index (χ4v) is 6.26. The normalized spacial score (nSPS) is 13.6. The van der Waals surface area contributed by atoms with Crippen LogP contribution in [0.2, 0.25) is 25.7 Å². The quantitative estimate of drug-likeness (QED) is 0.123. The third-order valence-corrected chi connectivity index (χ3v) is 9.92. The van der Waals surface area contributed by atoms with Crippen molar-refractivity contribution in [1.29, 1.82) is 0 Å². The van der Waals surface area contributed by atoms with Crippen molar-refractivity contribution in [1.82, 2.24) is 24.1 Å². The number of ether oxygens (including phenoxy) is 3.